The van der Waals surface area contributed by atoms with Gasteiger partial charge in [-0.2, -0.15) is 0 Å². The van der Waals surface area contributed by atoms with Gasteiger partial charge in [-0.25, -0.2) is 4.39 Å². The standard InChI is InChI=1S/C20H21FN2O4S/c1-26-16-8-5-14(9-17(16)27-2)20-23(19(25)12-28-20)11-18(24)22-10-13-3-6-15(21)7-4-13/h3-9,20H,10-12H2,1-2H3,(H,22,24)/t20-/m0/s1. The number of thioether (sulfide) groups is 1. The summed E-state index contributed by atoms with van der Waals surface area (Å²) in [6.07, 6.45) is 0. The minimum Gasteiger partial charge on any atom is -0.493 e. The predicted octanol–water partition coefficient (Wildman–Crippen LogP) is 2.73. The SMILES string of the molecule is COc1ccc([C@@H]2SCC(=O)N2CC(=O)NCc2ccc(F)cc2)cc1OC. The van der Waals surface area contributed by atoms with E-state index in [1.165, 1.54) is 23.9 Å². The molecule has 3 rings (SSSR count). The maximum Gasteiger partial charge on any atom is 0.239 e. The summed E-state index contributed by atoms with van der Waals surface area (Å²) < 4.78 is 23.5. The van der Waals surface area contributed by atoms with Gasteiger partial charge >= 0.3 is 0 Å². The molecule has 1 aliphatic heterocycles. The van der Waals surface area contributed by atoms with E-state index in [0.717, 1.165) is 11.1 Å². The van der Waals surface area contributed by atoms with Gasteiger partial charge in [-0.1, -0.05) is 18.2 Å². The van der Waals surface area contributed by atoms with Crippen molar-refractivity contribution in [1.82, 2.24) is 10.2 Å². The number of nitrogens with zero attached hydrogens (tertiary/aromatic N) is 1. The Balaban J connectivity index is 1.66. The molecule has 1 saturated heterocycles. The summed E-state index contributed by atoms with van der Waals surface area (Å²) in [6, 6.07) is 11.4. The van der Waals surface area contributed by atoms with Gasteiger partial charge in [0.05, 0.1) is 20.0 Å². The normalized spacial score (nSPS) is 16.2. The lowest BCUT2D eigenvalue weighted by Gasteiger charge is -2.24. The smallest absolute Gasteiger partial charge is 0.239 e. The fraction of sp³-hybridized carbons (Fsp3) is 0.300. The number of hydrogen-bond donors (Lipinski definition) is 1. The predicted molar refractivity (Wildman–Crippen MR) is 105 cm³/mol. The maximum absolute atomic E-state index is 13.0. The number of ether oxygens (including phenoxy) is 2. The van der Waals surface area contributed by atoms with Crippen molar-refractivity contribution in [2.75, 3.05) is 26.5 Å². The van der Waals surface area contributed by atoms with E-state index in [9.17, 15) is 14.0 Å². The van der Waals surface area contributed by atoms with E-state index >= 15 is 0 Å². The Morgan fingerprint density at radius 3 is 2.57 bits per heavy atom. The number of carbonyl (C=O) groups excluding carboxylic acids is 2. The summed E-state index contributed by atoms with van der Waals surface area (Å²) in [4.78, 5) is 26.2. The van der Waals surface area contributed by atoms with Crippen molar-refractivity contribution >= 4 is 23.6 Å². The third-order valence-electron chi connectivity index (χ3n) is 4.38. The van der Waals surface area contributed by atoms with Crippen LogP contribution in [0.15, 0.2) is 42.5 Å². The van der Waals surface area contributed by atoms with Crippen LogP contribution in [0.3, 0.4) is 0 Å². The largest absolute Gasteiger partial charge is 0.493 e. The molecule has 2 aromatic carbocycles. The number of halogens is 1. The average molecular weight is 404 g/mol. The number of carbonyl (C=O) groups is 2. The molecule has 1 fully saturated rings. The molecule has 148 valence electrons. The molecule has 2 aromatic rings. The van der Waals surface area contributed by atoms with E-state index in [4.69, 9.17) is 9.47 Å². The van der Waals surface area contributed by atoms with E-state index in [2.05, 4.69) is 5.32 Å². The van der Waals surface area contributed by atoms with Crippen LogP contribution in [0.4, 0.5) is 4.39 Å². The molecular formula is C20H21FN2O4S. The third kappa shape index (κ3) is 4.56. The van der Waals surface area contributed by atoms with Gasteiger partial charge in [0.1, 0.15) is 17.7 Å². The molecule has 0 saturated carbocycles. The minimum atomic E-state index is -0.326. The molecule has 0 aromatic heterocycles. The van der Waals surface area contributed by atoms with Crippen LogP contribution in [0.1, 0.15) is 16.5 Å². The Kier molecular flexibility index (Phi) is 6.41. The third-order valence-corrected chi connectivity index (χ3v) is 5.63. The number of rotatable bonds is 7. The van der Waals surface area contributed by atoms with Crippen molar-refractivity contribution in [3.63, 3.8) is 0 Å². The van der Waals surface area contributed by atoms with Crippen LogP contribution in [0, 0.1) is 5.82 Å². The zero-order valence-electron chi connectivity index (χ0n) is 15.6. The van der Waals surface area contributed by atoms with Crippen molar-refractivity contribution in [3.8, 4) is 11.5 Å². The summed E-state index contributed by atoms with van der Waals surface area (Å²) >= 11 is 1.46. The zero-order valence-corrected chi connectivity index (χ0v) is 16.4. The quantitative estimate of drug-likeness (QED) is 0.769. The summed E-state index contributed by atoms with van der Waals surface area (Å²) in [6.45, 7) is 0.224. The molecule has 1 heterocycles. The first-order valence-electron chi connectivity index (χ1n) is 8.66. The van der Waals surface area contributed by atoms with Crippen LogP contribution in [-0.4, -0.2) is 43.2 Å². The fourth-order valence-corrected chi connectivity index (χ4v) is 4.10. The van der Waals surface area contributed by atoms with E-state index in [1.54, 1.807) is 37.3 Å². The average Bonchev–Trinajstić information content (AvgIpc) is 3.07. The molecule has 1 N–H and O–H groups in total. The Hall–Kier alpha value is -2.74. The van der Waals surface area contributed by atoms with Crippen LogP contribution in [0.25, 0.3) is 0 Å². The van der Waals surface area contributed by atoms with E-state index in [0.29, 0.717) is 17.3 Å². The summed E-state index contributed by atoms with van der Waals surface area (Å²) in [7, 11) is 3.11. The highest BCUT2D eigenvalue weighted by Crippen LogP contribution is 2.41. The molecule has 0 aliphatic carbocycles. The Morgan fingerprint density at radius 2 is 1.89 bits per heavy atom. The number of methoxy groups -OCH3 is 2. The molecular weight excluding hydrogens is 383 g/mol. The second kappa shape index (κ2) is 8.97. The van der Waals surface area contributed by atoms with Crippen molar-refractivity contribution in [2.45, 2.75) is 11.9 Å². The monoisotopic (exact) mass is 404 g/mol. The zero-order chi connectivity index (χ0) is 20.1. The van der Waals surface area contributed by atoms with Crippen LogP contribution in [0.2, 0.25) is 0 Å². The van der Waals surface area contributed by atoms with Gasteiger partial charge in [0.25, 0.3) is 0 Å². The van der Waals surface area contributed by atoms with E-state index in [1.807, 2.05) is 12.1 Å². The lowest BCUT2D eigenvalue weighted by atomic mass is 10.1. The van der Waals surface area contributed by atoms with Crippen molar-refractivity contribution < 1.29 is 23.5 Å². The Labute approximate surface area is 167 Å². The second-order valence-corrected chi connectivity index (χ2v) is 7.27. The first-order chi connectivity index (χ1) is 13.5. The topological polar surface area (TPSA) is 67.9 Å². The highest BCUT2D eigenvalue weighted by Gasteiger charge is 2.34. The fourth-order valence-electron chi connectivity index (χ4n) is 2.92. The molecule has 8 heteroatoms. The lowest BCUT2D eigenvalue weighted by Crippen LogP contribution is -2.39. The molecule has 0 spiro atoms. The summed E-state index contributed by atoms with van der Waals surface area (Å²) in [5.74, 6) is 0.786. The lowest BCUT2D eigenvalue weighted by molar-refractivity contribution is -0.133. The summed E-state index contributed by atoms with van der Waals surface area (Å²) in [5, 5.41) is 2.50. The summed E-state index contributed by atoms with van der Waals surface area (Å²) in [5.41, 5.74) is 1.65. The Bertz CT molecular complexity index is 860. The van der Waals surface area contributed by atoms with Gasteiger partial charge in [-0.15, -0.1) is 11.8 Å². The van der Waals surface area contributed by atoms with Crippen molar-refractivity contribution in [1.29, 1.82) is 0 Å². The number of hydrogen-bond acceptors (Lipinski definition) is 5. The molecule has 28 heavy (non-hydrogen) atoms. The van der Waals surface area contributed by atoms with Gasteiger partial charge < -0.3 is 19.7 Å². The van der Waals surface area contributed by atoms with Crippen LogP contribution < -0.4 is 14.8 Å². The Morgan fingerprint density at radius 1 is 1.18 bits per heavy atom. The molecule has 2 amide bonds. The van der Waals surface area contributed by atoms with Crippen LogP contribution in [0.5, 0.6) is 11.5 Å². The van der Waals surface area contributed by atoms with Crippen LogP contribution in [-0.2, 0) is 16.1 Å². The first-order valence-corrected chi connectivity index (χ1v) is 9.71. The van der Waals surface area contributed by atoms with Crippen LogP contribution >= 0.6 is 11.8 Å². The van der Waals surface area contributed by atoms with Crippen molar-refractivity contribution in [2.24, 2.45) is 0 Å². The molecule has 1 atom stereocenters. The van der Waals surface area contributed by atoms with Gasteiger partial charge in [-0.3, -0.25) is 9.59 Å². The van der Waals surface area contributed by atoms with Gasteiger partial charge in [0.2, 0.25) is 11.8 Å². The van der Waals surface area contributed by atoms with E-state index < -0.39 is 0 Å². The van der Waals surface area contributed by atoms with Gasteiger partial charge in [0.15, 0.2) is 11.5 Å². The van der Waals surface area contributed by atoms with Gasteiger partial charge in [-0.05, 0) is 35.4 Å². The number of nitrogens with one attached hydrogen (secondary N) is 1. The molecule has 1 aliphatic rings. The molecule has 0 radical (unpaired) electrons. The molecule has 0 unspecified atom stereocenters. The highest BCUT2D eigenvalue weighted by molar-refractivity contribution is 8.00. The van der Waals surface area contributed by atoms with Crippen molar-refractivity contribution in [3.05, 3.63) is 59.4 Å². The maximum atomic E-state index is 13.0. The van der Waals surface area contributed by atoms with Gasteiger partial charge in [0, 0.05) is 6.54 Å². The molecule has 0 bridgehead atoms. The number of amides is 2. The number of benzene rings is 2. The second-order valence-electron chi connectivity index (χ2n) is 6.20. The minimum absolute atomic E-state index is 0.0496. The highest BCUT2D eigenvalue weighted by atomic mass is 32.2. The van der Waals surface area contributed by atoms with E-state index in [-0.39, 0.29) is 36.1 Å². The first kappa shape index (κ1) is 20.0. The molecule has 6 nitrogen and oxygen atoms in total.